The molecule has 0 atom stereocenters. The number of halogens is 2. The van der Waals surface area contributed by atoms with Crippen molar-refractivity contribution in [2.75, 3.05) is 0 Å². The van der Waals surface area contributed by atoms with E-state index in [0.717, 1.165) is 15.6 Å². The van der Waals surface area contributed by atoms with E-state index in [2.05, 4.69) is 15.9 Å². The molecule has 0 bridgehead atoms. The molecule has 0 amide bonds. The van der Waals surface area contributed by atoms with Crippen molar-refractivity contribution in [2.45, 2.75) is 19.7 Å². The van der Waals surface area contributed by atoms with Gasteiger partial charge in [0.25, 0.3) is 5.69 Å². The van der Waals surface area contributed by atoms with E-state index in [-0.39, 0.29) is 5.69 Å². The van der Waals surface area contributed by atoms with E-state index < -0.39 is 4.92 Å². The molecule has 0 fully saturated rings. The van der Waals surface area contributed by atoms with Gasteiger partial charge in [0.05, 0.1) is 16.9 Å². The van der Waals surface area contributed by atoms with Crippen molar-refractivity contribution in [3.8, 4) is 11.5 Å². The number of ether oxygens (including phenoxy) is 1. The van der Waals surface area contributed by atoms with E-state index in [1.807, 2.05) is 19.1 Å². The lowest BCUT2D eigenvalue weighted by molar-refractivity contribution is -0.385. The maximum Gasteiger partial charge on any atom is 0.276 e. The Hall–Kier alpha value is -1.59. The first-order valence-corrected chi connectivity index (χ1v) is 7.53. The van der Waals surface area contributed by atoms with E-state index in [0.29, 0.717) is 22.9 Å². The molecule has 0 N–H and O–H groups in total. The average Bonchev–Trinajstić information content (AvgIpc) is 2.41. The monoisotopic (exact) mass is 369 g/mol. The third-order valence-corrected chi connectivity index (χ3v) is 3.86. The van der Waals surface area contributed by atoms with Gasteiger partial charge in [-0.25, -0.2) is 0 Å². The fourth-order valence-corrected chi connectivity index (χ4v) is 2.54. The van der Waals surface area contributed by atoms with Crippen LogP contribution in [0.1, 0.15) is 16.7 Å². The molecule has 0 saturated heterocycles. The molecule has 2 rings (SSSR count). The number of rotatable bonds is 4. The topological polar surface area (TPSA) is 52.4 Å². The molecule has 0 unspecified atom stereocenters. The van der Waals surface area contributed by atoms with Gasteiger partial charge in [0, 0.05) is 15.6 Å². The van der Waals surface area contributed by atoms with Crippen LogP contribution in [0.25, 0.3) is 0 Å². The largest absolute Gasteiger partial charge is 0.456 e. The van der Waals surface area contributed by atoms with Crippen molar-refractivity contribution in [1.29, 1.82) is 0 Å². The Balaban J connectivity index is 2.46. The van der Waals surface area contributed by atoms with E-state index in [1.165, 1.54) is 6.07 Å². The number of aryl methyl sites for hydroxylation is 2. The van der Waals surface area contributed by atoms with E-state index in [4.69, 9.17) is 16.3 Å². The smallest absolute Gasteiger partial charge is 0.276 e. The van der Waals surface area contributed by atoms with Crippen LogP contribution in [0.3, 0.4) is 0 Å². The first kappa shape index (κ1) is 15.8. The molecule has 4 nitrogen and oxygen atoms in total. The highest BCUT2D eigenvalue weighted by atomic mass is 79.9. The van der Waals surface area contributed by atoms with Crippen LogP contribution in [0.4, 0.5) is 5.69 Å². The van der Waals surface area contributed by atoms with Crippen LogP contribution >= 0.6 is 27.5 Å². The van der Waals surface area contributed by atoms with Crippen molar-refractivity contribution in [3.05, 3.63) is 61.6 Å². The number of benzene rings is 2. The number of hydrogen-bond donors (Lipinski definition) is 0. The molecule has 0 aliphatic rings. The number of nitrogens with zero attached hydrogens (tertiary/aromatic N) is 1. The van der Waals surface area contributed by atoms with E-state index in [9.17, 15) is 10.1 Å². The van der Waals surface area contributed by atoms with Crippen LogP contribution in [0.2, 0.25) is 0 Å². The predicted molar refractivity (Wildman–Crippen MR) is 86.3 cm³/mol. The molecule has 2 aromatic carbocycles. The summed E-state index contributed by atoms with van der Waals surface area (Å²) in [6.07, 6.45) is 0. The van der Waals surface area contributed by atoms with Crippen molar-refractivity contribution < 1.29 is 9.66 Å². The average molecular weight is 371 g/mol. The highest BCUT2D eigenvalue weighted by Crippen LogP contribution is 2.34. The maximum absolute atomic E-state index is 11.0. The predicted octanol–water partition coefficient (Wildman–Crippen LogP) is 5.51. The van der Waals surface area contributed by atoms with Gasteiger partial charge in [0.2, 0.25) is 0 Å². The molecule has 0 aliphatic carbocycles. The summed E-state index contributed by atoms with van der Waals surface area (Å²) in [5.74, 6) is 1.34. The van der Waals surface area contributed by atoms with Gasteiger partial charge in [-0.05, 0) is 37.6 Å². The zero-order valence-electron chi connectivity index (χ0n) is 11.5. The minimum absolute atomic E-state index is 0.0398. The second-order valence-electron chi connectivity index (χ2n) is 4.65. The third-order valence-electron chi connectivity index (χ3n) is 3.08. The molecule has 0 aliphatic heterocycles. The van der Waals surface area contributed by atoms with Gasteiger partial charge in [0.15, 0.2) is 0 Å². The van der Waals surface area contributed by atoms with Crippen molar-refractivity contribution in [2.24, 2.45) is 0 Å². The Labute approximate surface area is 136 Å². The Kier molecular flexibility index (Phi) is 4.85. The molecule has 0 aromatic heterocycles. The third kappa shape index (κ3) is 3.54. The van der Waals surface area contributed by atoms with E-state index in [1.54, 1.807) is 19.1 Å². The normalized spacial score (nSPS) is 10.5. The number of hydrogen-bond acceptors (Lipinski definition) is 3. The van der Waals surface area contributed by atoms with Gasteiger partial charge < -0.3 is 4.74 Å². The second kappa shape index (κ2) is 6.45. The summed E-state index contributed by atoms with van der Waals surface area (Å²) in [5.41, 5.74) is 2.30. The Morgan fingerprint density at radius 3 is 2.52 bits per heavy atom. The van der Waals surface area contributed by atoms with E-state index >= 15 is 0 Å². The Morgan fingerprint density at radius 2 is 1.90 bits per heavy atom. The van der Waals surface area contributed by atoms with Crippen LogP contribution < -0.4 is 4.74 Å². The Bertz CT molecular complexity index is 704. The summed E-state index contributed by atoms with van der Waals surface area (Å²) in [6.45, 7) is 3.56. The number of nitro groups is 1. The molecule has 0 heterocycles. The molecular formula is C15H13BrClNO3. The highest BCUT2D eigenvalue weighted by Gasteiger charge is 2.16. The van der Waals surface area contributed by atoms with Gasteiger partial charge >= 0.3 is 0 Å². The first-order chi connectivity index (χ1) is 9.92. The van der Waals surface area contributed by atoms with Gasteiger partial charge in [-0.15, -0.1) is 11.6 Å². The lowest BCUT2D eigenvalue weighted by Gasteiger charge is -2.13. The number of alkyl halides is 1. The first-order valence-electron chi connectivity index (χ1n) is 6.20. The number of nitro benzene ring substituents is 1. The van der Waals surface area contributed by atoms with Crippen LogP contribution in [0.5, 0.6) is 11.5 Å². The zero-order chi connectivity index (χ0) is 15.6. The summed E-state index contributed by atoms with van der Waals surface area (Å²) < 4.78 is 6.69. The molecule has 21 heavy (non-hydrogen) atoms. The summed E-state index contributed by atoms with van der Waals surface area (Å²) in [6, 6.07) is 8.71. The summed E-state index contributed by atoms with van der Waals surface area (Å²) >= 11 is 9.27. The molecule has 2 aromatic rings. The zero-order valence-corrected chi connectivity index (χ0v) is 13.9. The lowest BCUT2D eigenvalue weighted by atomic mass is 10.1. The fourth-order valence-electron chi connectivity index (χ4n) is 1.98. The maximum atomic E-state index is 11.0. The summed E-state index contributed by atoms with van der Waals surface area (Å²) in [7, 11) is 0. The quantitative estimate of drug-likeness (QED) is 0.405. The van der Waals surface area contributed by atoms with Gasteiger partial charge in [-0.1, -0.05) is 22.0 Å². The standard InChI is InChI=1S/C15H13BrClNO3/c1-9-5-10(2)14(7-13(9)18(19)20)21-15-6-12(16)4-3-11(15)8-17/h3-7H,8H2,1-2H3. The minimum atomic E-state index is -0.412. The molecule has 0 spiro atoms. The van der Waals surface area contributed by atoms with Crippen LogP contribution in [0, 0.1) is 24.0 Å². The summed E-state index contributed by atoms with van der Waals surface area (Å²) in [5, 5.41) is 11.0. The SMILES string of the molecule is Cc1cc(C)c([N+](=O)[O-])cc1Oc1cc(Br)ccc1CCl. The molecule has 0 radical (unpaired) electrons. The van der Waals surface area contributed by atoms with Gasteiger partial charge in [-0.3, -0.25) is 10.1 Å². The van der Waals surface area contributed by atoms with Crippen molar-refractivity contribution >= 4 is 33.2 Å². The fraction of sp³-hybridized carbons (Fsp3) is 0.200. The minimum Gasteiger partial charge on any atom is -0.456 e. The van der Waals surface area contributed by atoms with Crippen molar-refractivity contribution in [3.63, 3.8) is 0 Å². The molecule has 0 saturated carbocycles. The Morgan fingerprint density at radius 1 is 1.19 bits per heavy atom. The van der Waals surface area contributed by atoms with Gasteiger partial charge in [-0.2, -0.15) is 0 Å². The van der Waals surface area contributed by atoms with Gasteiger partial charge in [0.1, 0.15) is 11.5 Å². The van der Waals surface area contributed by atoms with Crippen LogP contribution in [-0.4, -0.2) is 4.92 Å². The molecular weight excluding hydrogens is 358 g/mol. The van der Waals surface area contributed by atoms with Crippen molar-refractivity contribution in [1.82, 2.24) is 0 Å². The lowest BCUT2D eigenvalue weighted by Crippen LogP contribution is -1.96. The molecule has 6 heteroatoms. The van der Waals surface area contributed by atoms with Crippen LogP contribution in [0.15, 0.2) is 34.8 Å². The van der Waals surface area contributed by atoms with Crippen LogP contribution in [-0.2, 0) is 5.88 Å². The second-order valence-corrected chi connectivity index (χ2v) is 5.83. The highest BCUT2D eigenvalue weighted by molar-refractivity contribution is 9.10. The molecule has 110 valence electrons. The summed E-state index contributed by atoms with van der Waals surface area (Å²) in [4.78, 5) is 10.6.